The summed E-state index contributed by atoms with van der Waals surface area (Å²) in [7, 11) is 1.57. The van der Waals surface area contributed by atoms with Gasteiger partial charge in [0.05, 0.1) is 25.0 Å². The Morgan fingerprint density at radius 1 is 1.26 bits per heavy atom. The molecule has 188 valence electrons. The summed E-state index contributed by atoms with van der Waals surface area (Å²) in [6, 6.07) is 7.11. The van der Waals surface area contributed by atoms with Gasteiger partial charge < -0.3 is 29.6 Å². The summed E-state index contributed by atoms with van der Waals surface area (Å²) in [4.78, 5) is 11.6. The Morgan fingerprint density at radius 3 is 2.74 bits per heavy atom. The minimum atomic E-state index is -0.870. The molecular formula is C26H37NO7. The SMILES string of the molecule is COc1cccc(OCC(O)/C=C/C2/C(=N\O)CC(O)C2C/C=C/CCCC(=O)OC(C)C)c1. The predicted octanol–water partition coefficient (Wildman–Crippen LogP) is 3.89. The molecule has 0 amide bonds. The van der Waals surface area contributed by atoms with Crippen LogP contribution in [0.25, 0.3) is 0 Å². The molecule has 1 aromatic rings. The molecule has 4 unspecified atom stereocenters. The van der Waals surface area contributed by atoms with Crippen molar-refractivity contribution in [2.75, 3.05) is 13.7 Å². The first-order valence-corrected chi connectivity index (χ1v) is 11.7. The van der Waals surface area contributed by atoms with Crippen LogP contribution < -0.4 is 9.47 Å². The van der Waals surface area contributed by atoms with Gasteiger partial charge in [-0.05, 0) is 45.2 Å². The van der Waals surface area contributed by atoms with Crippen molar-refractivity contribution in [3.05, 3.63) is 48.6 Å². The van der Waals surface area contributed by atoms with Gasteiger partial charge in [0.25, 0.3) is 0 Å². The molecule has 0 bridgehead atoms. The minimum absolute atomic E-state index is 0.0500. The first-order valence-electron chi connectivity index (χ1n) is 11.7. The molecule has 0 spiro atoms. The van der Waals surface area contributed by atoms with Gasteiger partial charge in [-0.15, -0.1) is 0 Å². The maximum Gasteiger partial charge on any atom is 0.306 e. The van der Waals surface area contributed by atoms with Gasteiger partial charge in [0.1, 0.15) is 24.2 Å². The lowest BCUT2D eigenvalue weighted by Crippen LogP contribution is -2.20. The number of carbonyl (C=O) groups excluding carboxylic acids is 1. The van der Waals surface area contributed by atoms with E-state index in [1.54, 1.807) is 43.5 Å². The number of hydrogen-bond acceptors (Lipinski definition) is 8. The fourth-order valence-corrected chi connectivity index (χ4v) is 3.89. The van der Waals surface area contributed by atoms with Gasteiger partial charge in [-0.25, -0.2) is 0 Å². The van der Waals surface area contributed by atoms with Crippen LogP contribution in [0.3, 0.4) is 0 Å². The molecule has 0 aliphatic heterocycles. The van der Waals surface area contributed by atoms with E-state index in [1.807, 2.05) is 26.0 Å². The molecule has 0 saturated heterocycles. The van der Waals surface area contributed by atoms with Crippen molar-refractivity contribution in [2.24, 2.45) is 17.0 Å². The number of aliphatic hydroxyl groups is 2. The number of unbranched alkanes of at least 4 members (excludes halogenated alkanes) is 1. The van der Waals surface area contributed by atoms with Gasteiger partial charge in [0, 0.05) is 30.7 Å². The molecule has 2 rings (SSSR count). The monoisotopic (exact) mass is 475 g/mol. The van der Waals surface area contributed by atoms with Gasteiger partial charge in [-0.3, -0.25) is 4.79 Å². The normalized spacial score (nSPS) is 22.6. The lowest BCUT2D eigenvalue weighted by Gasteiger charge is -2.18. The summed E-state index contributed by atoms with van der Waals surface area (Å²) in [5.74, 6) is 0.587. The largest absolute Gasteiger partial charge is 0.497 e. The summed E-state index contributed by atoms with van der Waals surface area (Å²) < 4.78 is 15.9. The Labute approximate surface area is 201 Å². The number of carbonyl (C=O) groups is 1. The first-order chi connectivity index (χ1) is 16.3. The molecular weight excluding hydrogens is 438 g/mol. The van der Waals surface area contributed by atoms with E-state index in [1.165, 1.54) is 0 Å². The Kier molecular flexibility index (Phi) is 11.6. The fourth-order valence-electron chi connectivity index (χ4n) is 3.89. The molecule has 8 heteroatoms. The van der Waals surface area contributed by atoms with E-state index in [9.17, 15) is 20.2 Å². The number of hydrogen-bond donors (Lipinski definition) is 3. The lowest BCUT2D eigenvalue weighted by atomic mass is 9.90. The van der Waals surface area contributed by atoms with E-state index in [-0.39, 0.29) is 36.9 Å². The minimum Gasteiger partial charge on any atom is -0.497 e. The molecule has 0 heterocycles. The fraction of sp³-hybridized carbons (Fsp3) is 0.538. The van der Waals surface area contributed by atoms with E-state index < -0.39 is 12.2 Å². The molecule has 1 aliphatic carbocycles. The Morgan fingerprint density at radius 2 is 2.03 bits per heavy atom. The number of rotatable bonds is 13. The lowest BCUT2D eigenvalue weighted by molar-refractivity contribution is -0.147. The number of nitrogens with zero attached hydrogens (tertiary/aromatic N) is 1. The van der Waals surface area contributed by atoms with Gasteiger partial charge >= 0.3 is 5.97 Å². The predicted molar refractivity (Wildman–Crippen MR) is 129 cm³/mol. The molecule has 1 fully saturated rings. The highest BCUT2D eigenvalue weighted by Gasteiger charge is 2.38. The molecule has 1 aromatic carbocycles. The van der Waals surface area contributed by atoms with Gasteiger partial charge in [0.2, 0.25) is 0 Å². The number of ether oxygens (including phenoxy) is 3. The van der Waals surface area contributed by atoms with Crippen molar-refractivity contribution in [3.63, 3.8) is 0 Å². The zero-order valence-corrected chi connectivity index (χ0v) is 20.2. The number of esters is 1. The van der Waals surface area contributed by atoms with Crippen LogP contribution in [-0.2, 0) is 9.53 Å². The summed E-state index contributed by atoms with van der Waals surface area (Å²) in [5.41, 5.74) is 0.486. The number of aliphatic hydroxyl groups excluding tert-OH is 2. The van der Waals surface area contributed by atoms with Crippen molar-refractivity contribution < 1.29 is 34.4 Å². The molecule has 4 atom stereocenters. The van der Waals surface area contributed by atoms with Crippen LogP contribution in [0.2, 0.25) is 0 Å². The maximum absolute atomic E-state index is 11.6. The Balaban J connectivity index is 1.85. The van der Waals surface area contributed by atoms with Crippen LogP contribution in [0.1, 0.15) is 46.0 Å². The van der Waals surface area contributed by atoms with Crippen LogP contribution in [0.15, 0.2) is 53.7 Å². The van der Waals surface area contributed by atoms with E-state index in [2.05, 4.69) is 5.16 Å². The zero-order valence-electron chi connectivity index (χ0n) is 20.2. The summed E-state index contributed by atoms with van der Waals surface area (Å²) in [6.07, 6.45) is 8.38. The highest BCUT2D eigenvalue weighted by molar-refractivity contribution is 5.90. The van der Waals surface area contributed by atoms with E-state index in [4.69, 9.17) is 14.2 Å². The summed E-state index contributed by atoms with van der Waals surface area (Å²) in [5, 5.41) is 33.5. The molecule has 0 aromatic heterocycles. The second-order valence-corrected chi connectivity index (χ2v) is 8.63. The quantitative estimate of drug-likeness (QED) is 0.130. The van der Waals surface area contributed by atoms with Crippen LogP contribution in [0.4, 0.5) is 0 Å². The second-order valence-electron chi connectivity index (χ2n) is 8.63. The van der Waals surface area contributed by atoms with Gasteiger partial charge in [-0.2, -0.15) is 0 Å². The van der Waals surface area contributed by atoms with Gasteiger partial charge in [-0.1, -0.05) is 35.5 Å². The molecule has 8 nitrogen and oxygen atoms in total. The zero-order chi connectivity index (χ0) is 24.9. The average Bonchev–Trinajstić information content (AvgIpc) is 3.12. The van der Waals surface area contributed by atoms with Crippen LogP contribution in [-0.4, -0.2) is 59.1 Å². The Hall–Kier alpha value is -2.84. The average molecular weight is 476 g/mol. The van der Waals surface area contributed by atoms with Crippen molar-refractivity contribution in [3.8, 4) is 11.5 Å². The van der Waals surface area contributed by atoms with Crippen molar-refractivity contribution >= 4 is 11.7 Å². The standard InChI is InChI=1S/C26H37NO7/c1-18(2)34-26(30)12-7-5-4-6-11-23-22(24(27-31)16-25(23)29)14-13-19(28)17-33-21-10-8-9-20(15-21)32-3/h4,6,8-10,13-15,18-19,22-23,25,28-29,31H,5,7,11-12,16-17H2,1-3H3/b6-4+,14-13+,27-24-. The third-order valence-corrected chi connectivity index (χ3v) is 5.58. The molecule has 34 heavy (non-hydrogen) atoms. The van der Waals surface area contributed by atoms with Crippen LogP contribution >= 0.6 is 0 Å². The van der Waals surface area contributed by atoms with Crippen LogP contribution in [0, 0.1) is 11.8 Å². The van der Waals surface area contributed by atoms with Crippen molar-refractivity contribution in [2.45, 2.75) is 64.3 Å². The van der Waals surface area contributed by atoms with E-state index in [0.717, 1.165) is 6.42 Å². The molecule has 1 saturated carbocycles. The summed E-state index contributed by atoms with van der Waals surface area (Å²) in [6.45, 7) is 3.70. The summed E-state index contributed by atoms with van der Waals surface area (Å²) >= 11 is 0. The third-order valence-electron chi connectivity index (χ3n) is 5.58. The highest BCUT2D eigenvalue weighted by Crippen LogP contribution is 2.34. The molecule has 1 aliphatic rings. The number of benzene rings is 1. The topological polar surface area (TPSA) is 118 Å². The second kappa shape index (κ2) is 14.4. The van der Waals surface area contributed by atoms with E-state index >= 15 is 0 Å². The third kappa shape index (κ3) is 9.19. The highest BCUT2D eigenvalue weighted by atomic mass is 16.5. The number of allylic oxidation sites excluding steroid dienone is 3. The molecule has 0 radical (unpaired) electrons. The van der Waals surface area contributed by atoms with Gasteiger partial charge in [0.15, 0.2) is 0 Å². The first kappa shape index (κ1) is 27.4. The Bertz CT molecular complexity index is 849. The maximum atomic E-state index is 11.6. The smallest absolute Gasteiger partial charge is 0.306 e. The molecule has 3 N–H and O–H groups in total. The van der Waals surface area contributed by atoms with Crippen molar-refractivity contribution in [1.29, 1.82) is 0 Å². The van der Waals surface area contributed by atoms with Crippen molar-refractivity contribution in [1.82, 2.24) is 0 Å². The number of oxime groups is 1. The van der Waals surface area contributed by atoms with E-state index in [0.29, 0.717) is 36.5 Å². The number of methoxy groups -OCH3 is 1. The van der Waals surface area contributed by atoms with Crippen LogP contribution in [0.5, 0.6) is 11.5 Å².